The summed E-state index contributed by atoms with van der Waals surface area (Å²) in [5, 5.41) is 21.1. The standard InChI is InChI=1S/C13H14N2O5.C10H18O5.C9H7NO3/c1-13(2,3)20-12(17)14-10-5-4-9(15(18)19)6-8(10)7-11(14)16;1-9(2,3)14-7(11)13-8(12)15-10(4,5)6;11-9-4-6-1-2-8(10(12)13)3-7(6)5-9/h4-6H,7H2,1-3H3;1-6H3;1-3H,4-5H2. The number of imide groups is 1. The molecule has 0 N–H and O–H groups in total. The number of nitro benzene ring substituents is 2. The zero-order chi connectivity index (χ0) is 36.8. The van der Waals surface area contributed by atoms with Crippen LogP contribution >= 0.6 is 0 Å². The van der Waals surface area contributed by atoms with Crippen molar-refractivity contribution >= 4 is 47.2 Å². The molecule has 0 aromatic heterocycles. The van der Waals surface area contributed by atoms with Crippen molar-refractivity contribution < 1.29 is 52.8 Å². The fraction of sp³-hybridized carbons (Fsp3) is 0.469. The van der Waals surface area contributed by atoms with Gasteiger partial charge in [0, 0.05) is 37.1 Å². The van der Waals surface area contributed by atoms with Crippen molar-refractivity contribution in [3.8, 4) is 0 Å². The van der Waals surface area contributed by atoms with E-state index in [2.05, 4.69) is 4.74 Å². The number of hydrogen-bond donors (Lipinski definition) is 0. The Morgan fingerprint density at radius 2 is 1.08 bits per heavy atom. The lowest BCUT2D eigenvalue weighted by molar-refractivity contribution is -0.385. The number of nitrogens with zero attached hydrogens (tertiary/aromatic N) is 3. The number of amides is 2. The summed E-state index contributed by atoms with van der Waals surface area (Å²) in [4.78, 5) is 78.0. The quantitative estimate of drug-likeness (QED) is 0.109. The van der Waals surface area contributed by atoms with E-state index in [1.54, 1.807) is 68.4 Å². The summed E-state index contributed by atoms with van der Waals surface area (Å²) >= 11 is 0. The number of carbonyl (C=O) groups is 5. The van der Waals surface area contributed by atoms with Gasteiger partial charge in [0.05, 0.1) is 22.0 Å². The summed E-state index contributed by atoms with van der Waals surface area (Å²) in [5.74, 6) is -0.315. The number of nitro groups is 2. The van der Waals surface area contributed by atoms with Gasteiger partial charge in [0.2, 0.25) is 5.91 Å². The van der Waals surface area contributed by atoms with Gasteiger partial charge in [-0.3, -0.25) is 29.8 Å². The normalized spacial score (nSPS) is 13.5. The largest absolute Gasteiger partial charge is 0.519 e. The van der Waals surface area contributed by atoms with E-state index in [0.29, 0.717) is 24.1 Å². The van der Waals surface area contributed by atoms with Gasteiger partial charge in [-0.25, -0.2) is 19.3 Å². The maximum absolute atomic E-state index is 12.0. The third-order valence-corrected chi connectivity index (χ3v) is 5.80. The Balaban J connectivity index is 0.000000257. The van der Waals surface area contributed by atoms with E-state index in [4.69, 9.17) is 14.2 Å². The SMILES string of the molecule is CC(C)(C)OC(=O)N1C(=O)Cc2cc([N+](=O)[O-])ccc21.CC(C)(C)OC(=O)OC(=O)OC(C)(C)C.O=C1Cc2ccc([N+](=O)[O-])cc2C1. The van der Waals surface area contributed by atoms with Crippen LogP contribution in [0.2, 0.25) is 0 Å². The minimum absolute atomic E-state index is 0.0454. The number of fused-ring (bicyclic) bond motifs is 2. The molecular formula is C32H39N3O13. The van der Waals surface area contributed by atoms with Crippen molar-refractivity contribution in [1.82, 2.24) is 0 Å². The lowest BCUT2D eigenvalue weighted by atomic mass is 10.1. The molecule has 0 atom stereocenters. The predicted octanol–water partition coefficient (Wildman–Crippen LogP) is 6.55. The Labute approximate surface area is 276 Å². The molecule has 2 aromatic rings. The Morgan fingerprint density at radius 3 is 1.54 bits per heavy atom. The number of carbonyl (C=O) groups excluding carboxylic acids is 5. The summed E-state index contributed by atoms with van der Waals surface area (Å²) in [5.41, 5.74) is 0.370. The molecule has 16 nitrogen and oxygen atoms in total. The van der Waals surface area contributed by atoms with Crippen LogP contribution in [0, 0.1) is 20.2 Å². The van der Waals surface area contributed by atoms with Gasteiger partial charge in [0.15, 0.2) is 0 Å². The van der Waals surface area contributed by atoms with E-state index in [0.717, 1.165) is 16.0 Å². The number of ketones is 1. The van der Waals surface area contributed by atoms with Gasteiger partial charge in [0.25, 0.3) is 11.4 Å². The lowest BCUT2D eigenvalue weighted by Gasteiger charge is -2.23. The van der Waals surface area contributed by atoms with E-state index in [9.17, 15) is 44.2 Å². The third-order valence-electron chi connectivity index (χ3n) is 5.80. The average molecular weight is 674 g/mol. The second-order valence-electron chi connectivity index (χ2n) is 13.6. The summed E-state index contributed by atoms with van der Waals surface area (Å²) in [7, 11) is 0. The maximum atomic E-state index is 12.0. The van der Waals surface area contributed by atoms with E-state index in [1.165, 1.54) is 30.3 Å². The zero-order valence-electron chi connectivity index (χ0n) is 28.2. The van der Waals surface area contributed by atoms with E-state index in [1.807, 2.05) is 0 Å². The molecule has 0 radical (unpaired) electrons. The molecule has 2 aromatic carbocycles. The van der Waals surface area contributed by atoms with Crippen molar-refractivity contribution in [1.29, 1.82) is 0 Å². The number of anilines is 1. The van der Waals surface area contributed by atoms with Crippen molar-refractivity contribution in [2.75, 3.05) is 4.90 Å². The van der Waals surface area contributed by atoms with Gasteiger partial charge in [-0.2, -0.15) is 0 Å². The molecular weight excluding hydrogens is 634 g/mol. The summed E-state index contributed by atoms with van der Waals surface area (Å²) in [6, 6.07) is 8.55. The highest BCUT2D eigenvalue weighted by atomic mass is 16.8. The number of Topliss-reactive ketones (excluding diaryl/α,β-unsaturated/α-hetero) is 1. The Bertz CT molecular complexity index is 1590. The molecule has 1 aliphatic heterocycles. The molecule has 0 spiro atoms. The van der Waals surface area contributed by atoms with Gasteiger partial charge in [0.1, 0.15) is 22.6 Å². The second kappa shape index (κ2) is 15.0. The minimum Gasteiger partial charge on any atom is -0.443 e. The maximum Gasteiger partial charge on any atom is 0.519 e. The minimum atomic E-state index is -1.06. The van der Waals surface area contributed by atoms with Crippen LogP contribution in [0.3, 0.4) is 0 Å². The highest BCUT2D eigenvalue weighted by molar-refractivity contribution is 6.17. The van der Waals surface area contributed by atoms with E-state index in [-0.39, 0.29) is 23.6 Å². The first kappa shape index (κ1) is 38.8. The number of benzene rings is 2. The molecule has 2 aliphatic rings. The van der Waals surface area contributed by atoms with Crippen LogP contribution in [0.5, 0.6) is 0 Å². The van der Waals surface area contributed by atoms with Crippen LogP contribution in [-0.4, -0.2) is 56.7 Å². The topological polar surface area (TPSA) is 212 Å². The second-order valence-corrected chi connectivity index (χ2v) is 13.6. The first-order valence-electron chi connectivity index (χ1n) is 14.6. The highest BCUT2D eigenvalue weighted by Crippen LogP contribution is 2.33. The number of non-ortho nitro benzene ring substituents is 2. The van der Waals surface area contributed by atoms with E-state index < -0.39 is 51.0 Å². The van der Waals surface area contributed by atoms with Gasteiger partial charge in [-0.05, 0) is 85.1 Å². The van der Waals surface area contributed by atoms with Crippen molar-refractivity contribution in [3.05, 3.63) is 73.3 Å². The van der Waals surface area contributed by atoms with E-state index >= 15 is 0 Å². The first-order valence-corrected chi connectivity index (χ1v) is 14.6. The predicted molar refractivity (Wildman–Crippen MR) is 170 cm³/mol. The fourth-order valence-corrected chi connectivity index (χ4v) is 4.09. The number of hydrogen-bond acceptors (Lipinski definition) is 13. The summed E-state index contributed by atoms with van der Waals surface area (Å²) < 4.78 is 19.0. The number of rotatable bonds is 2. The van der Waals surface area contributed by atoms with Crippen molar-refractivity contribution in [3.63, 3.8) is 0 Å². The molecule has 48 heavy (non-hydrogen) atoms. The molecule has 0 unspecified atom stereocenters. The lowest BCUT2D eigenvalue weighted by Crippen LogP contribution is -2.38. The van der Waals surface area contributed by atoms with Crippen LogP contribution in [0.25, 0.3) is 0 Å². The molecule has 4 rings (SSSR count). The number of ether oxygens (including phenoxy) is 4. The van der Waals surface area contributed by atoms with Crippen LogP contribution in [0.1, 0.15) is 79.0 Å². The molecule has 0 saturated carbocycles. The Kier molecular flexibility index (Phi) is 12.1. The average Bonchev–Trinajstić information content (AvgIpc) is 3.42. The first-order chi connectivity index (χ1) is 21.8. The molecule has 0 bridgehead atoms. The van der Waals surface area contributed by atoms with Gasteiger partial charge in [-0.15, -0.1) is 0 Å². The fourth-order valence-electron chi connectivity index (χ4n) is 4.09. The zero-order valence-corrected chi connectivity index (χ0v) is 28.2. The van der Waals surface area contributed by atoms with Crippen LogP contribution < -0.4 is 4.90 Å². The van der Waals surface area contributed by atoms with Crippen LogP contribution in [0.15, 0.2) is 36.4 Å². The molecule has 2 amide bonds. The van der Waals surface area contributed by atoms with Gasteiger partial charge >= 0.3 is 18.4 Å². The molecule has 16 heteroatoms. The Hall–Kier alpha value is -5.41. The Morgan fingerprint density at radius 1 is 0.646 bits per heavy atom. The smallest absolute Gasteiger partial charge is 0.443 e. The molecule has 0 saturated heterocycles. The van der Waals surface area contributed by atoms with Crippen LogP contribution in [0.4, 0.5) is 31.4 Å². The summed E-state index contributed by atoms with van der Waals surface area (Å²) in [6.45, 7) is 15.1. The van der Waals surface area contributed by atoms with Crippen molar-refractivity contribution in [2.24, 2.45) is 0 Å². The highest BCUT2D eigenvalue weighted by Gasteiger charge is 2.36. The van der Waals surface area contributed by atoms with Gasteiger partial charge < -0.3 is 18.9 Å². The molecule has 0 fully saturated rings. The third kappa shape index (κ3) is 12.4. The van der Waals surface area contributed by atoms with Crippen LogP contribution in [-0.2, 0) is 47.8 Å². The molecule has 260 valence electrons. The summed E-state index contributed by atoms with van der Waals surface area (Å²) in [6.07, 6.45) is -2.16. The molecule has 1 aliphatic carbocycles. The monoisotopic (exact) mass is 673 g/mol. The molecule has 1 heterocycles. The van der Waals surface area contributed by atoms with Crippen molar-refractivity contribution in [2.45, 2.75) is 98.4 Å². The van der Waals surface area contributed by atoms with Gasteiger partial charge in [-0.1, -0.05) is 6.07 Å².